The second-order valence-electron chi connectivity index (χ2n) is 3.80. The van der Waals surface area contributed by atoms with Gasteiger partial charge in [-0.05, 0) is 11.6 Å². The van der Waals surface area contributed by atoms with Gasteiger partial charge in [0.15, 0.2) is 0 Å². The summed E-state index contributed by atoms with van der Waals surface area (Å²) in [6.07, 6.45) is 0.950. The molecular weight excluding hydrogens is 230 g/mol. The van der Waals surface area contributed by atoms with E-state index in [2.05, 4.69) is 4.98 Å². The number of hydrogen-bond acceptors (Lipinski definition) is 3. The molecule has 1 atom stereocenters. The van der Waals surface area contributed by atoms with Crippen LogP contribution in [0.4, 0.5) is 0 Å². The van der Waals surface area contributed by atoms with Crippen molar-refractivity contribution in [1.29, 1.82) is 0 Å². The molecule has 0 saturated heterocycles. The molecule has 1 aromatic carbocycles. The summed E-state index contributed by atoms with van der Waals surface area (Å²) in [7, 11) is 0. The van der Waals surface area contributed by atoms with Crippen molar-refractivity contribution >= 4 is 5.97 Å². The Hall–Kier alpha value is -2.36. The minimum atomic E-state index is -0.996. The Balaban J connectivity index is 2.08. The Labute approximate surface area is 105 Å². The molecule has 0 aliphatic rings. The maximum absolute atomic E-state index is 11.2. The average Bonchev–Trinajstić information content (AvgIpc) is 2.40. The van der Waals surface area contributed by atoms with E-state index in [9.17, 15) is 4.79 Å². The van der Waals surface area contributed by atoms with Crippen molar-refractivity contribution in [3.05, 3.63) is 60.3 Å². The Morgan fingerprint density at radius 3 is 2.50 bits per heavy atom. The van der Waals surface area contributed by atoms with E-state index in [1.165, 1.54) is 0 Å². The van der Waals surface area contributed by atoms with Gasteiger partial charge in [-0.25, -0.2) is 9.78 Å². The zero-order chi connectivity index (χ0) is 12.8. The highest BCUT2D eigenvalue weighted by Crippen LogP contribution is 2.11. The molecular formula is C14H13NO3. The molecule has 0 fully saturated rings. The van der Waals surface area contributed by atoms with Gasteiger partial charge in [-0.15, -0.1) is 0 Å². The van der Waals surface area contributed by atoms with E-state index in [1.54, 1.807) is 24.4 Å². The molecule has 92 valence electrons. The van der Waals surface area contributed by atoms with Gasteiger partial charge in [0.1, 0.15) is 0 Å². The van der Waals surface area contributed by atoms with E-state index in [4.69, 9.17) is 9.84 Å². The monoisotopic (exact) mass is 243 g/mol. The van der Waals surface area contributed by atoms with Crippen molar-refractivity contribution in [2.24, 2.45) is 0 Å². The van der Waals surface area contributed by atoms with Crippen LogP contribution in [-0.2, 0) is 11.2 Å². The maximum Gasteiger partial charge on any atom is 0.345 e. The summed E-state index contributed by atoms with van der Waals surface area (Å²) in [5.74, 6) is -0.676. The van der Waals surface area contributed by atoms with E-state index in [-0.39, 0.29) is 0 Å². The van der Waals surface area contributed by atoms with Gasteiger partial charge in [0, 0.05) is 18.7 Å². The lowest BCUT2D eigenvalue weighted by atomic mass is 10.1. The molecule has 0 spiro atoms. The third-order valence-electron chi connectivity index (χ3n) is 2.44. The van der Waals surface area contributed by atoms with Gasteiger partial charge >= 0.3 is 5.97 Å². The van der Waals surface area contributed by atoms with Gasteiger partial charge in [-0.1, -0.05) is 36.4 Å². The number of carboxylic acid groups (broad SMARTS) is 1. The van der Waals surface area contributed by atoms with E-state index < -0.39 is 12.1 Å². The summed E-state index contributed by atoms with van der Waals surface area (Å²) in [4.78, 5) is 15.1. The predicted molar refractivity (Wildman–Crippen MR) is 66.4 cm³/mol. The molecule has 2 rings (SSSR count). The highest BCUT2D eigenvalue weighted by atomic mass is 16.5. The molecule has 0 radical (unpaired) electrons. The molecule has 0 aliphatic carbocycles. The molecule has 0 aliphatic heterocycles. The number of benzene rings is 1. The highest BCUT2D eigenvalue weighted by Gasteiger charge is 2.20. The second-order valence-corrected chi connectivity index (χ2v) is 3.80. The van der Waals surface area contributed by atoms with Gasteiger partial charge in [0.25, 0.3) is 0 Å². The lowest BCUT2D eigenvalue weighted by Gasteiger charge is -2.14. The van der Waals surface area contributed by atoms with Crippen molar-refractivity contribution in [3.63, 3.8) is 0 Å². The van der Waals surface area contributed by atoms with Crippen LogP contribution >= 0.6 is 0 Å². The quantitative estimate of drug-likeness (QED) is 0.874. The molecule has 1 unspecified atom stereocenters. The highest BCUT2D eigenvalue weighted by molar-refractivity contribution is 5.73. The van der Waals surface area contributed by atoms with Crippen LogP contribution in [0.2, 0.25) is 0 Å². The molecule has 1 aromatic heterocycles. The lowest BCUT2D eigenvalue weighted by Crippen LogP contribution is -2.29. The number of hydrogen-bond donors (Lipinski definition) is 1. The first-order valence-corrected chi connectivity index (χ1v) is 5.60. The van der Waals surface area contributed by atoms with Crippen molar-refractivity contribution in [2.45, 2.75) is 12.5 Å². The normalized spacial score (nSPS) is 11.8. The Morgan fingerprint density at radius 1 is 1.17 bits per heavy atom. The SMILES string of the molecule is O=C(O)C(Cc1ccccc1)Oc1ccccn1. The van der Waals surface area contributed by atoms with Crippen molar-refractivity contribution in [1.82, 2.24) is 4.98 Å². The first-order valence-electron chi connectivity index (χ1n) is 5.60. The van der Waals surface area contributed by atoms with E-state index in [0.717, 1.165) is 5.56 Å². The topological polar surface area (TPSA) is 59.4 Å². The Bertz CT molecular complexity index is 457. The summed E-state index contributed by atoms with van der Waals surface area (Å²) >= 11 is 0. The summed E-state index contributed by atoms with van der Waals surface area (Å²) in [5, 5.41) is 9.14. The number of aromatic nitrogens is 1. The number of nitrogens with zero attached hydrogens (tertiary/aromatic N) is 1. The molecule has 0 saturated carbocycles. The largest absolute Gasteiger partial charge is 0.478 e. The fourth-order valence-corrected chi connectivity index (χ4v) is 1.57. The van der Waals surface area contributed by atoms with Crippen LogP contribution in [0.3, 0.4) is 0 Å². The molecule has 18 heavy (non-hydrogen) atoms. The molecule has 4 nitrogen and oxygen atoms in total. The molecule has 2 aromatic rings. The van der Waals surface area contributed by atoms with Gasteiger partial charge in [-0.3, -0.25) is 0 Å². The minimum Gasteiger partial charge on any atom is -0.478 e. The molecule has 1 heterocycles. The number of rotatable bonds is 5. The molecule has 0 amide bonds. The summed E-state index contributed by atoms with van der Waals surface area (Å²) in [5.41, 5.74) is 0.917. The number of pyridine rings is 1. The van der Waals surface area contributed by atoms with Gasteiger partial charge in [0.05, 0.1) is 0 Å². The van der Waals surface area contributed by atoms with Crippen molar-refractivity contribution in [2.75, 3.05) is 0 Å². The maximum atomic E-state index is 11.2. The van der Waals surface area contributed by atoms with Crippen LogP contribution in [-0.4, -0.2) is 22.2 Å². The van der Waals surface area contributed by atoms with E-state index in [1.807, 2.05) is 30.3 Å². The Morgan fingerprint density at radius 2 is 1.89 bits per heavy atom. The van der Waals surface area contributed by atoms with Crippen molar-refractivity contribution in [3.8, 4) is 5.88 Å². The Kier molecular flexibility index (Phi) is 3.91. The number of carboxylic acids is 1. The third-order valence-corrected chi connectivity index (χ3v) is 2.44. The second kappa shape index (κ2) is 5.82. The first kappa shape index (κ1) is 12.1. The zero-order valence-electron chi connectivity index (χ0n) is 9.69. The summed E-state index contributed by atoms with van der Waals surface area (Å²) in [6, 6.07) is 14.5. The van der Waals surface area contributed by atoms with Gasteiger partial charge < -0.3 is 9.84 Å². The number of carbonyl (C=O) groups is 1. The summed E-state index contributed by atoms with van der Waals surface area (Å²) < 4.78 is 5.37. The first-order chi connectivity index (χ1) is 8.75. The van der Waals surface area contributed by atoms with Crippen LogP contribution < -0.4 is 4.74 Å². The smallest absolute Gasteiger partial charge is 0.345 e. The molecule has 1 N–H and O–H groups in total. The zero-order valence-corrected chi connectivity index (χ0v) is 9.69. The number of aliphatic carboxylic acids is 1. The number of ether oxygens (including phenoxy) is 1. The van der Waals surface area contributed by atoms with E-state index in [0.29, 0.717) is 12.3 Å². The predicted octanol–water partition coefficient (Wildman–Crippen LogP) is 2.16. The summed E-state index contributed by atoms with van der Waals surface area (Å²) in [6.45, 7) is 0. The lowest BCUT2D eigenvalue weighted by molar-refractivity contribution is -0.145. The van der Waals surface area contributed by atoms with E-state index >= 15 is 0 Å². The van der Waals surface area contributed by atoms with Crippen LogP contribution in [0.5, 0.6) is 5.88 Å². The third kappa shape index (κ3) is 3.31. The molecule has 0 bridgehead atoms. The average molecular weight is 243 g/mol. The van der Waals surface area contributed by atoms with Crippen molar-refractivity contribution < 1.29 is 14.6 Å². The standard InChI is InChI=1S/C14H13NO3/c16-14(17)12(10-11-6-2-1-3-7-11)18-13-8-4-5-9-15-13/h1-9,12H,10H2,(H,16,17). The van der Waals surface area contributed by atoms with Crippen LogP contribution in [0.25, 0.3) is 0 Å². The van der Waals surface area contributed by atoms with Crippen LogP contribution in [0.15, 0.2) is 54.7 Å². The fourth-order valence-electron chi connectivity index (χ4n) is 1.57. The van der Waals surface area contributed by atoms with Gasteiger partial charge in [0.2, 0.25) is 12.0 Å². The molecule has 4 heteroatoms. The van der Waals surface area contributed by atoms with Gasteiger partial charge in [-0.2, -0.15) is 0 Å². The fraction of sp³-hybridized carbons (Fsp3) is 0.143. The minimum absolute atomic E-state index is 0.312. The van der Waals surface area contributed by atoms with Crippen LogP contribution in [0.1, 0.15) is 5.56 Å². The van der Waals surface area contributed by atoms with Crippen LogP contribution in [0, 0.1) is 0 Å².